The Bertz CT molecular complexity index is 1570. The van der Waals surface area contributed by atoms with Crippen LogP contribution in [-0.2, 0) is 20.6 Å². The van der Waals surface area contributed by atoms with Crippen molar-refractivity contribution in [3.8, 4) is 11.3 Å². The quantitative estimate of drug-likeness (QED) is 0.475. The summed E-state index contributed by atoms with van der Waals surface area (Å²) in [5, 5.41) is 11.0. The number of aliphatic hydroxyl groups is 1. The molecule has 32 heavy (non-hydrogen) atoms. The number of nitrogens with zero attached hydrogens (tertiary/aromatic N) is 5. The van der Waals surface area contributed by atoms with E-state index in [9.17, 15) is 14.7 Å². The Morgan fingerprint density at radius 2 is 1.56 bits per heavy atom. The lowest BCUT2D eigenvalue weighted by Gasteiger charge is -2.15. The summed E-state index contributed by atoms with van der Waals surface area (Å²) >= 11 is 0. The average Bonchev–Trinajstić information content (AvgIpc) is 3.33. The van der Waals surface area contributed by atoms with Gasteiger partial charge in [0.05, 0.1) is 18.3 Å². The van der Waals surface area contributed by atoms with Crippen LogP contribution in [0.1, 0.15) is 17.4 Å². The van der Waals surface area contributed by atoms with Gasteiger partial charge < -0.3 is 9.67 Å². The van der Waals surface area contributed by atoms with Crippen molar-refractivity contribution in [2.75, 3.05) is 0 Å². The summed E-state index contributed by atoms with van der Waals surface area (Å²) in [6.45, 7) is 2.16. The third-order valence-electron chi connectivity index (χ3n) is 6.02. The lowest BCUT2D eigenvalue weighted by atomic mass is 10.1. The minimum Gasteiger partial charge on any atom is -0.387 e. The van der Waals surface area contributed by atoms with Gasteiger partial charge in [0, 0.05) is 25.4 Å². The Kier molecular flexibility index (Phi) is 4.60. The number of aliphatic hydroxyl groups excluding tert-OH is 1. The SMILES string of the molecule is Cc1c(-c2ccccc2)n(CC(O)c2ccccc2)c2nc3c(c(=O)n(C)c(=O)n3C)n12. The third-order valence-corrected chi connectivity index (χ3v) is 6.02. The van der Waals surface area contributed by atoms with Crippen LogP contribution in [0.15, 0.2) is 70.3 Å². The first-order valence-corrected chi connectivity index (χ1v) is 10.4. The van der Waals surface area contributed by atoms with Crippen LogP contribution in [0, 0.1) is 6.92 Å². The van der Waals surface area contributed by atoms with E-state index in [4.69, 9.17) is 4.98 Å². The average molecular weight is 429 g/mol. The molecule has 0 aliphatic heterocycles. The van der Waals surface area contributed by atoms with Gasteiger partial charge in [-0.25, -0.2) is 4.79 Å². The van der Waals surface area contributed by atoms with Crippen molar-refractivity contribution in [2.24, 2.45) is 14.1 Å². The molecular weight excluding hydrogens is 406 g/mol. The van der Waals surface area contributed by atoms with Crippen molar-refractivity contribution in [1.82, 2.24) is 23.1 Å². The van der Waals surface area contributed by atoms with Gasteiger partial charge in [0.2, 0.25) is 5.78 Å². The second-order valence-electron chi connectivity index (χ2n) is 7.96. The topological polar surface area (TPSA) is 86.5 Å². The number of fused-ring (bicyclic) bond motifs is 3. The molecular formula is C24H23N5O3. The molecule has 0 amide bonds. The first-order valence-electron chi connectivity index (χ1n) is 10.4. The molecule has 0 saturated heterocycles. The summed E-state index contributed by atoms with van der Waals surface area (Å²) in [5.74, 6) is 0.504. The van der Waals surface area contributed by atoms with Crippen molar-refractivity contribution in [1.29, 1.82) is 0 Å². The van der Waals surface area contributed by atoms with E-state index >= 15 is 0 Å². The summed E-state index contributed by atoms with van der Waals surface area (Å²) in [7, 11) is 3.07. The van der Waals surface area contributed by atoms with E-state index < -0.39 is 17.4 Å². The molecule has 0 radical (unpaired) electrons. The van der Waals surface area contributed by atoms with Crippen molar-refractivity contribution in [2.45, 2.75) is 19.6 Å². The summed E-state index contributed by atoms with van der Waals surface area (Å²) in [6, 6.07) is 19.2. The molecule has 5 rings (SSSR count). The van der Waals surface area contributed by atoms with Gasteiger partial charge in [-0.1, -0.05) is 60.7 Å². The van der Waals surface area contributed by atoms with Gasteiger partial charge in [-0.05, 0) is 12.5 Å². The van der Waals surface area contributed by atoms with Crippen LogP contribution in [0.3, 0.4) is 0 Å². The van der Waals surface area contributed by atoms with Crippen LogP contribution in [0.5, 0.6) is 0 Å². The minimum atomic E-state index is -0.777. The Morgan fingerprint density at radius 1 is 0.938 bits per heavy atom. The third kappa shape index (κ3) is 2.84. The number of aromatic nitrogens is 5. The largest absolute Gasteiger partial charge is 0.387 e. The molecule has 8 heteroatoms. The molecule has 0 bridgehead atoms. The molecule has 0 spiro atoms. The monoisotopic (exact) mass is 429 g/mol. The molecule has 3 heterocycles. The maximum Gasteiger partial charge on any atom is 0.332 e. The van der Waals surface area contributed by atoms with Crippen LogP contribution in [0.4, 0.5) is 0 Å². The molecule has 5 aromatic rings. The van der Waals surface area contributed by atoms with Crippen molar-refractivity contribution < 1.29 is 5.11 Å². The van der Waals surface area contributed by atoms with Crippen molar-refractivity contribution in [3.63, 3.8) is 0 Å². The number of benzene rings is 2. The van der Waals surface area contributed by atoms with Crippen molar-refractivity contribution >= 4 is 16.9 Å². The number of imidazole rings is 2. The fourth-order valence-corrected chi connectivity index (χ4v) is 4.37. The first kappa shape index (κ1) is 20.0. The molecule has 1 N–H and O–H groups in total. The summed E-state index contributed by atoms with van der Waals surface area (Å²) in [4.78, 5) is 30.2. The highest BCUT2D eigenvalue weighted by atomic mass is 16.3. The van der Waals surface area contributed by atoms with Crippen LogP contribution >= 0.6 is 0 Å². The van der Waals surface area contributed by atoms with Gasteiger partial charge in [0.15, 0.2) is 11.2 Å². The highest BCUT2D eigenvalue weighted by Gasteiger charge is 2.25. The number of hydrogen-bond acceptors (Lipinski definition) is 4. The number of rotatable bonds is 4. The standard InChI is InChI=1S/C24H23N5O3/c1-15-19(17-12-8-5-9-13-17)28(14-18(30)16-10-6-4-7-11-16)23-25-21-20(29(15)23)22(31)27(3)24(32)26(21)2/h4-13,18,30H,14H2,1-3H3. The highest BCUT2D eigenvalue weighted by molar-refractivity contribution is 5.79. The van der Waals surface area contributed by atoms with Gasteiger partial charge in [0.1, 0.15) is 0 Å². The Labute approximate surface area is 183 Å². The van der Waals surface area contributed by atoms with Crippen LogP contribution in [0.2, 0.25) is 0 Å². The maximum atomic E-state index is 13.1. The van der Waals surface area contributed by atoms with E-state index in [0.29, 0.717) is 16.9 Å². The Morgan fingerprint density at radius 3 is 2.22 bits per heavy atom. The minimum absolute atomic E-state index is 0.239. The van der Waals surface area contributed by atoms with E-state index in [1.807, 2.05) is 72.2 Å². The summed E-state index contributed by atoms with van der Waals surface area (Å²) in [5.41, 5.74) is 3.23. The predicted molar refractivity (Wildman–Crippen MR) is 123 cm³/mol. The molecule has 0 aliphatic rings. The second-order valence-corrected chi connectivity index (χ2v) is 7.96. The van der Waals surface area contributed by atoms with Gasteiger partial charge in [-0.2, -0.15) is 4.98 Å². The number of aryl methyl sites for hydroxylation is 2. The lowest BCUT2D eigenvalue weighted by Crippen LogP contribution is -2.37. The van der Waals surface area contributed by atoms with E-state index in [2.05, 4.69) is 0 Å². The maximum absolute atomic E-state index is 13.1. The summed E-state index contributed by atoms with van der Waals surface area (Å²) in [6.07, 6.45) is -0.777. The molecule has 2 aromatic carbocycles. The molecule has 1 unspecified atom stereocenters. The molecule has 162 valence electrons. The summed E-state index contributed by atoms with van der Waals surface area (Å²) < 4.78 is 6.18. The van der Waals surface area contributed by atoms with Gasteiger partial charge in [0.25, 0.3) is 5.56 Å². The van der Waals surface area contributed by atoms with Crippen LogP contribution in [0.25, 0.3) is 28.2 Å². The molecule has 0 fully saturated rings. The Hall–Kier alpha value is -3.91. The highest BCUT2D eigenvalue weighted by Crippen LogP contribution is 2.31. The normalized spacial score (nSPS) is 12.6. The first-order chi connectivity index (χ1) is 15.4. The van der Waals surface area contributed by atoms with Crippen LogP contribution in [-0.4, -0.2) is 28.2 Å². The molecule has 8 nitrogen and oxygen atoms in total. The fourth-order valence-electron chi connectivity index (χ4n) is 4.37. The van der Waals surface area contributed by atoms with Gasteiger partial charge in [-0.3, -0.25) is 18.3 Å². The fraction of sp³-hybridized carbons (Fsp3) is 0.208. The van der Waals surface area contributed by atoms with Gasteiger partial charge in [-0.15, -0.1) is 0 Å². The molecule has 0 saturated carbocycles. The molecule has 0 aliphatic carbocycles. The Balaban J connectivity index is 1.86. The molecule has 1 atom stereocenters. The molecule has 3 aromatic heterocycles. The lowest BCUT2D eigenvalue weighted by molar-refractivity contribution is 0.158. The van der Waals surface area contributed by atoms with E-state index in [0.717, 1.165) is 27.1 Å². The smallest absolute Gasteiger partial charge is 0.332 e. The zero-order valence-corrected chi connectivity index (χ0v) is 18.1. The second kappa shape index (κ2) is 7.35. The van der Waals surface area contributed by atoms with Gasteiger partial charge >= 0.3 is 5.69 Å². The van der Waals surface area contributed by atoms with Crippen LogP contribution < -0.4 is 11.2 Å². The zero-order chi connectivity index (χ0) is 22.6. The number of hydrogen-bond donors (Lipinski definition) is 1. The van der Waals surface area contributed by atoms with Crippen molar-refractivity contribution in [3.05, 3.63) is 92.8 Å². The zero-order valence-electron chi connectivity index (χ0n) is 18.1. The van der Waals surface area contributed by atoms with E-state index in [-0.39, 0.29) is 6.54 Å². The van der Waals surface area contributed by atoms with E-state index in [1.165, 1.54) is 11.6 Å². The predicted octanol–water partition coefficient (Wildman–Crippen LogP) is 2.40. The van der Waals surface area contributed by atoms with E-state index in [1.54, 1.807) is 11.4 Å².